The maximum absolute atomic E-state index is 12.3. The van der Waals surface area contributed by atoms with Gasteiger partial charge in [0.15, 0.2) is 5.82 Å². The van der Waals surface area contributed by atoms with Crippen molar-refractivity contribution in [2.75, 3.05) is 19.6 Å². The lowest BCUT2D eigenvalue weighted by Crippen LogP contribution is -2.56. The second-order valence-electron chi connectivity index (χ2n) is 6.80. The molecule has 1 atom stereocenters. The van der Waals surface area contributed by atoms with Crippen molar-refractivity contribution in [3.05, 3.63) is 47.1 Å². The monoisotopic (exact) mass is 371 g/mol. The summed E-state index contributed by atoms with van der Waals surface area (Å²) in [7, 11) is 0. The van der Waals surface area contributed by atoms with Crippen molar-refractivity contribution in [2.24, 2.45) is 0 Å². The van der Waals surface area contributed by atoms with Gasteiger partial charge in [-0.15, -0.1) is 0 Å². The van der Waals surface area contributed by atoms with Crippen LogP contribution in [-0.4, -0.2) is 52.5 Å². The summed E-state index contributed by atoms with van der Waals surface area (Å²) >= 11 is 0. The van der Waals surface area contributed by atoms with Crippen molar-refractivity contribution < 1.29 is 14.1 Å². The summed E-state index contributed by atoms with van der Waals surface area (Å²) in [5.74, 6) is 0.801. The molecule has 1 saturated heterocycles. The van der Waals surface area contributed by atoms with E-state index in [-0.39, 0.29) is 18.2 Å². The number of nitrogens with one attached hydrogen (secondary N) is 2. The summed E-state index contributed by atoms with van der Waals surface area (Å²) in [6.07, 6.45) is 0.621. The molecule has 1 aliphatic rings. The summed E-state index contributed by atoms with van der Waals surface area (Å²) in [4.78, 5) is 30.8. The maximum Gasteiger partial charge on any atom is 0.237 e. The summed E-state index contributed by atoms with van der Waals surface area (Å²) < 4.78 is 4.90. The fourth-order valence-electron chi connectivity index (χ4n) is 3.11. The van der Waals surface area contributed by atoms with Gasteiger partial charge in [-0.3, -0.25) is 14.5 Å². The van der Waals surface area contributed by atoms with Crippen molar-refractivity contribution in [3.8, 4) is 0 Å². The zero-order valence-electron chi connectivity index (χ0n) is 15.7. The van der Waals surface area contributed by atoms with Crippen LogP contribution in [-0.2, 0) is 22.6 Å². The first-order valence-electron chi connectivity index (χ1n) is 9.14. The van der Waals surface area contributed by atoms with E-state index in [1.54, 1.807) is 6.92 Å². The molecule has 1 aliphatic heterocycles. The Balaban J connectivity index is 1.53. The standard InChI is InChI=1S/C19H25N5O3/c1-13-3-5-15(6-4-13)12-24-10-9-21-19(26)16(24)11-18(25)20-8-7-17-22-14(2)27-23-17/h3-6,16H,7-12H2,1-2H3,(H,20,25)(H,21,26)/t16-/m0/s1. The number of piperazine rings is 1. The Morgan fingerprint density at radius 2 is 2.11 bits per heavy atom. The largest absolute Gasteiger partial charge is 0.356 e. The fourth-order valence-corrected chi connectivity index (χ4v) is 3.11. The third kappa shape index (κ3) is 5.37. The average molecular weight is 371 g/mol. The highest BCUT2D eigenvalue weighted by Crippen LogP contribution is 2.14. The minimum Gasteiger partial charge on any atom is -0.356 e. The van der Waals surface area contributed by atoms with Crippen LogP contribution in [0.2, 0.25) is 0 Å². The molecule has 0 aliphatic carbocycles. The van der Waals surface area contributed by atoms with E-state index in [9.17, 15) is 9.59 Å². The lowest BCUT2D eigenvalue weighted by molar-refractivity contribution is -0.134. The second kappa shape index (κ2) is 8.77. The smallest absolute Gasteiger partial charge is 0.237 e. The maximum atomic E-state index is 12.3. The second-order valence-corrected chi connectivity index (χ2v) is 6.80. The van der Waals surface area contributed by atoms with Crippen LogP contribution >= 0.6 is 0 Å². The third-order valence-corrected chi connectivity index (χ3v) is 4.57. The molecule has 2 amide bonds. The summed E-state index contributed by atoms with van der Waals surface area (Å²) in [5.41, 5.74) is 2.33. The Hall–Kier alpha value is -2.74. The van der Waals surface area contributed by atoms with Gasteiger partial charge in [0.2, 0.25) is 17.7 Å². The number of rotatable bonds is 7. The number of hydrogen-bond donors (Lipinski definition) is 2. The van der Waals surface area contributed by atoms with E-state index in [0.717, 1.165) is 12.1 Å². The zero-order valence-corrected chi connectivity index (χ0v) is 15.7. The minimum atomic E-state index is -0.465. The molecule has 0 radical (unpaired) electrons. The van der Waals surface area contributed by atoms with Crippen LogP contribution < -0.4 is 10.6 Å². The van der Waals surface area contributed by atoms with Gasteiger partial charge in [-0.2, -0.15) is 4.98 Å². The van der Waals surface area contributed by atoms with Gasteiger partial charge in [0.05, 0.1) is 12.5 Å². The van der Waals surface area contributed by atoms with Gasteiger partial charge >= 0.3 is 0 Å². The van der Waals surface area contributed by atoms with Crippen LogP contribution in [0.1, 0.15) is 29.3 Å². The van der Waals surface area contributed by atoms with Crippen LogP contribution in [0.15, 0.2) is 28.8 Å². The van der Waals surface area contributed by atoms with Gasteiger partial charge in [-0.25, -0.2) is 0 Å². The van der Waals surface area contributed by atoms with Crippen molar-refractivity contribution in [1.29, 1.82) is 0 Å². The number of amides is 2. The predicted octanol–water partition coefficient (Wildman–Crippen LogP) is 0.736. The molecule has 1 aromatic heterocycles. The highest BCUT2D eigenvalue weighted by atomic mass is 16.5. The van der Waals surface area contributed by atoms with E-state index in [1.807, 2.05) is 6.92 Å². The lowest BCUT2D eigenvalue weighted by Gasteiger charge is -2.34. The molecule has 0 saturated carbocycles. The van der Waals surface area contributed by atoms with E-state index in [0.29, 0.717) is 37.8 Å². The number of aryl methyl sites for hydroxylation is 2. The molecule has 2 aromatic rings. The number of aromatic nitrogens is 2. The van der Waals surface area contributed by atoms with Crippen molar-refractivity contribution in [2.45, 2.75) is 39.3 Å². The molecule has 2 N–H and O–H groups in total. The Labute approximate surface area is 158 Å². The Kier molecular flexibility index (Phi) is 6.18. The van der Waals surface area contributed by atoms with Crippen molar-refractivity contribution >= 4 is 11.8 Å². The Morgan fingerprint density at radius 3 is 2.81 bits per heavy atom. The molecular weight excluding hydrogens is 346 g/mol. The zero-order chi connectivity index (χ0) is 19.2. The van der Waals surface area contributed by atoms with Gasteiger partial charge in [0.1, 0.15) is 0 Å². The number of carbonyl (C=O) groups excluding carboxylic acids is 2. The summed E-state index contributed by atoms with van der Waals surface area (Å²) in [5, 5.41) is 9.48. The first-order valence-corrected chi connectivity index (χ1v) is 9.14. The number of nitrogens with zero attached hydrogens (tertiary/aromatic N) is 3. The normalized spacial score (nSPS) is 17.6. The van der Waals surface area contributed by atoms with E-state index in [4.69, 9.17) is 4.52 Å². The highest BCUT2D eigenvalue weighted by Gasteiger charge is 2.31. The van der Waals surface area contributed by atoms with Crippen LogP contribution in [0.25, 0.3) is 0 Å². The molecule has 27 heavy (non-hydrogen) atoms. The van der Waals surface area contributed by atoms with E-state index >= 15 is 0 Å². The van der Waals surface area contributed by atoms with Gasteiger partial charge in [0.25, 0.3) is 0 Å². The van der Waals surface area contributed by atoms with E-state index in [2.05, 4.69) is 49.9 Å². The van der Waals surface area contributed by atoms with Crippen LogP contribution in [0.3, 0.4) is 0 Å². The minimum absolute atomic E-state index is 0.0997. The van der Waals surface area contributed by atoms with Gasteiger partial charge in [-0.05, 0) is 12.5 Å². The number of carbonyl (C=O) groups is 2. The molecule has 2 heterocycles. The molecule has 0 unspecified atom stereocenters. The van der Waals surface area contributed by atoms with E-state index < -0.39 is 6.04 Å². The molecular formula is C19H25N5O3. The molecule has 1 aromatic carbocycles. The number of benzene rings is 1. The Bertz CT molecular complexity index is 787. The summed E-state index contributed by atoms with van der Waals surface area (Å²) in [6.45, 7) is 6.14. The van der Waals surface area contributed by atoms with Gasteiger partial charge < -0.3 is 15.2 Å². The first-order chi connectivity index (χ1) is 13.0. The van der Waals surface area contributed by atoms with Crippen LogP contribution in [0, 0.1) is 13.8 Å². The fraction of sp³-hybridized carbons (Fsp3) is 0.474. The van der Waals surface area contributed by atoms with Gasteiger partial charge in [-0.1, -0.05) is 35.0 Å². The lowest BCUT2D eigenvalue weighted by atomic mass is 10.1. The van der Waals surface area contributed by atoms with E-state index in [1.165, 1.54) is 5.56 Å². The van der Waals surface area contributed by atoms with Gasteiger partial charge in [0, 0.05) is 39.5 Å². The SMILES string of the molecule is Cc1ccc(CN2CCNC(=O)[C@@H]2CC(=O)NCCc2noc(C)n2)cc1. The number of hydrogen-bond acceptors (Lipinski definition) is 6. The summed E-state index contributed by atoms with van der Waals surface area (Å²) in [6, 6.07) is 7.77. The molecule has 144 valence electrons. The molecule has 3 rings (SSSR count). The topological polar surface area (TPSA) is 100 Å². The molecule has 1 fully saturated rings. The molecule has 0 spiro atoms. The molecule has 8 nitrogen and oxygen atoms in total. The quantitative estimate of drug-likeness (QED) is 0.744. The average Bonchev–Trinajstić information content (AvgIpc) is 3.05. The third-order valence-electron chi connectivity index (χ3n) is 4.57. The molecule has 0 bridgehead atoms. The van der Waals surface area contributed by atoms with Crippen LogP contribution in [0.5, 0.6) is 0 Å². The van der Waals surface area contributed by atoms with Crippen LogP contribution in [0.4, 0.5) is 0 Å². The molecule has 8 heteroatoms. The Morgan fingerprint density at radius 1 is 1.33 bits per heavy atom. The predicted molar refractivity (Wildman–Crippen MR) is 98.8 cm³/mol. The first kappa shape index (κ1) is 19.0. The van der Waals surface area contributed by atoms with Crippen molar-refractivity contribution in [3.63, 3.8) is 0 Å². The highest BCUT2D eigenvalue weighted by molar-refractivity contribution is 5.88. The van der Waals surface area contributed by atoms with Crippen molar-refractivity contribution in [1.82, 2.24) is 25.7 Å².